The first kappa shape index (κ1) is 24.2. The molecule has 7 nitrogen and oxygen atoms in total. The van der Waals surface area contributed by atoms with Crippen molar-refractivity contribution in [3.05, 3.63) is 77.5 Å². The lowest BCUT2D eigenvalue weighted by Crippen LogP contribution is -2.39. The number of nitrogens with two attached hydrogens (primary N) is 1. The van der Waals surface area contributed by atoms with Gasteiger partial charge in [-0.1, -0.05) is 48.5 Å². The summed E-state index contributed by atoms with van der Waals surface area (Å²) < 4.78 is 1.63. The lowest BCUT2D eigenvalue weighted by molar-refractivity contribution is 0.670. The van der Waals surface area contributed by atoms with Crippen molar-refractivity contribution in [2.24, 2.45) is 4.99 Å². The van der Waals surface area contributed by atoms with Crippen LogP contribution in [0.5, 0.6) is 0 Å². The van der Waals surface area contributed by atoms with Gasteiger partial charge in [0.15, 0.2) is 5.96 Å². The molecule has 1 heterocycles. The molecule has 8 heteroatoms. The zero-order valence-electron chi connectivity index (χ0n) is 17.7. The summed E-state index contributed by atoms with van der Waals surface area (Å²) in [6.07, 6.45) is 1.44. The Kier molecular flexibility index (Phi) is 9.34. The summed E-state index contributed by atoms with van der Waals surface area (Å²) in [6.45, 7) is 2.80. The fraction of sp³-hybridized carbons (Fsp3) is 0.261. The number of benzene rings is 2. The predicted octanol–water partition coefficient (Wildman–Crippen LogP) is 3.80. The Labute approximate surface area is 200 Å². The first-order chi connectivity index (χ1) is 14.6. The molecule has 3 aromatic rings. The molecule has 162 valence electrons. The van der Waals surface area contributed by atoms with E-state index in [-0.39, 0.29) is 30.0 Å². The largest absolute Gasteiger partial charge is 0.382 e. The van der Waals surface area contributed by atoms with Crippen LogP contribution in [0.15, 0.2) is 65.7 Å². The number of hydrogen-bond acceptors (Lipinski definition) is 4. The van der Waals surface area contributed by atoms with E-state index in [1.54, 1.807) is 11.7 Å². The molecule has 0 bridgehead atoms. The maximum atomic E-state index is 9.52. The molecular formula is C23H28IN7. The minimum atomic E-state index is 0. The summed E-state index contributed by atoms with van der Waals surface area (Å²) in [7, 11) is 1.75. The maximum absolute atomic E-state index is 9.52. The number of para-hydroxylation sites is 1. The van der Waals surface area contributed by atoms with Gasteiger partial charge in [0.1, 0.15) is 17.5 Å². The molecule has 3 rings (SSSR count). The Morgan fingerprint density at radius 2 is 1.81 bits per heavy atom. The van der Waals surface area contributed by atoms with Crippen LogP contribution in [0.3, 0.4) is 0 Å². The second kappa shape index (κ2) is 12.0. The molecule has 0 aliphatic rings. The number of nitriles is 1. The van der Waals surface area contributed by atoms with Gasteiger partial charge in [0.2, 0.25) is 0 Å². The topological polar surface area (TPSA) is 104 Å². The molecule has 31 heavy (non-hydrogen) atoms. The lowest BCUT2D eigenvalue weighted by atomic mass is 10.1. The van der Waals surface area contributed by atoms with Gasteiger partial charge in [-0.25, -0.2) is 4.68 Å². The van der Waals surface area contributed by atoms with E-state index >= 15 is 0 Å². The van der Waals surface area contributed by atoms with Crippen LogP contribution in [-0.4, -0.2) is 29.3 Å². The number of rotatable bonds is 7. The number of halogens is 1. The monoisotopic (exact) mass is 529 g/mol. The van der Waals surface area contributed by atoms with Gasteiger partial charge in [-0.3, -0.25) is 4.99 Å². The van der Waals surface area contributed by atoms with Crippen molar-refractivity contribution in [3.8, 4) is 11.8 Å². The second-order valence-electron chi connectivity index (χ2n) is 6.95. The third-order valence-electron chi connectivity index (χ3n) is 4.87. The van der Waals surface area contributed by atoms with Crippen LogP contribution >= 0.6 is 24.0 Å². The number of hydrogen-bond donors (Lipinski definition) is 3. The lowest BCUT2D eigenvalue weighted by Gasteiger charge is -2.18. The smallest absolute Gasteiger partial charge is 0.191 e. The summed E-state index contributed by atoms with van der Waals surface area (Å²) in [6, 6.07) is 22.2. The molecule has 0 aliphatic heterocycles. The van der Waals surface area contributed by atoms with Crippen molar-refractivity contribution in [1.29, 1.82) is 5.26 Å². The maximum Gasteiger partial charge on any atom is 0.191 e. The molecule has 0 aliphatic carbocycles. The fourth-order valence-electron chi connectivity index (χ4n) is 3.23. The van der Waals surface area contributed by atoms with Gasteiger partial charge < -0.3 is 16.4 Å². The molecule has 0 saturated carbocycles. The highest BCUT2D eigenvalue weighted by Crippen LogP contribution is 2.21. The summed E-state index contributed by atoms with van der Waals surface area (Å²) >= 11 is 0. The molecule has 0 fully saturated rings. The van der Waals surface area contributed by atoms with E-state index in [1.165, 1.54) is 5.56 Å². The minimum Gasteiger partial charge on any atom is -0.382 e. The Morgan fingerprint density at radius 1 is 1.16 bits per heavy atom. The summed E-state index contributed by atoms with van der Waals surface area (Å²) in [5, 5.41) is 20.8. The van der Waals surface area contributed by atoms with Gasteiger partial charge in [-0.2, -0.15) is 10.4 Å². The number of anilines is 1. The summed E-state index contributed by atoms with van der Waals surface area (Å²) in [5.74, 6) is 1.11. The van der Waals surface area contributed by atoms with Gasteiger partial charge in [0, 0.05) is 13.6 Å². The number of nitrogens with one attached hydrogen (secondary N) is 2. The van der Waals surface area contributed by atoms with Gasteiger partial charge >= 0.3 is 0 Å². The Bertz CT molecular complexity index is 1020. The van der Waals surface area contributed by atoms with Crippen molar-refractivity contribution in [1.82, 2.24) is 20.4 Å². The van der Waals surface area contributed by atoms with Crippen LogP contribution in [-0.2, 0) is 6.42 Å². The molecule has 0 saturated heterocycles. The number of aliphatic imine (C=N–C) groups is 1. The average Bonchev–Trinajstić information content (AvgIpc) is 3.12. The van der Waals surface area contributed by atoms with Gasteiger partial charge in [0.05, 0.1) is 17.4 Å². The first-order valence-electron chi connectivity index (χ1n) is 9.99. The Morgan fingerprint density at radius 3 is 2.42 bits per heavy atom. The minimum absolute atomic E-state index is 0. The molecule has 4 N–H and O–H groups in total. The SMILES string of the molecule is CN=C(NCCCc1nn(-c2ccccc2)c(N)c1C#N)NC(C)c1ccccc1.I. The second-order valence-corrected chi connectivity index (χ2v) is 6.95. The van der Waals surface area contributed by atoms with E-state index in [0.717, 1.165) is 18.1 Å². The predicted molar refractivity (Wildman–Crippen MR) is 136 cm³/mol. The zero-order chi connectivity index (χ0) is 21.3. The van der Waals surface area contributed by atoms with E-state index in [0.29, 0.717) is 30.0 Å². The molecule has 2 aromatic carbocycles. The van der Waals surface area contributed by atoms with Gasteiger partial charge in [-0.05, 0) is 37.5 Å². The van der Waals surface area contributed by atoms with Crippen LogP contribution < -0.4 is 16.4 Å². The van der Waals surface area contributed by atoms with Crippen LogP contribution in [0.1, 0.15) is 36.2 Å². The van der Waals surface area contributed by atoms with Crippen LogP contribution in [0.2, 0.25) is 0 Å². The molecular weight excluding hydrogens is 501 g/mol. The number of aryl methyl sites for hydroxylation is 1. The van der Waals surface area contributed by atoms with E-state index in [1.807, 2.05) is 48.5 Å². The van der Waals surface area contributed by atoms with E-state index in [4.69, 9.17) is 5.73 Å². The van der Waals surface area contributed by atoms with Crippen molar-refractivity contribution in [2.45, 2.75) is 25.8 Å². The third-order valence-corrected chi connectivity index (χ3v) is 4.87. The molecule has 1 aromatic heterocycles. The highest BCUT2D eigenvalue weighted by molar-refractivity contribution is 14.0. The summed E-state index contributed by atoms with van der Waals surface area (Å²) in [5.41, 5.74) is 9.36. The average molecular weight is 529 g/mol. The summed E-state index contributed by atoms with van der Waals surface area (Å²) in [4.78, 5) is 4.29. The standard InChI is InChI=1S/C23H27N7.HI/c1-17(18-10-5-3-6-11-18)28-23(26-2)27-15-9-14-21-20(16-24)22(25)30(29-21)19-12-7-4-8-13-19;/h3-8,10-13,17H,9,14-15,25H2,1-2H3,(H2,26,27,28);1H. The Hall–Kier alpha value is -3.06. The number of nitrogen functional groups attached to an aromatic ring is 1. The molecule has 0 spiro atoms. The third kappa shape index (κ3) is 6.21. The quantitative estimate of drug-likeness (QED) is 0.187. The molecule has 0 radical (unpaired) electrons. The van der Waals surface area contributed by atoms with Crippen LogP contribution in [0, 0.1) is 11.3 Å². The molecule has 1 atom stereocenters. The molecule has 1 unspecified atom stereocenters. The highest BCUT2D eigenvalue weighted by atomic mass is 127. The van der Waals surface area contributed by atoms with E-state index in [9.17, 15) is 5.26 Å². The van der Waals surface area contributed by atoms with Crippen molar-refractivity contribution >= 4 is 35.8 Å². The van der Waals surface area contributed by atoms with E-state index < -0.39 is 0 Å². The molecule has 0 amide bonds. The van der Waals surface area contributed by atoms with Crippen LogP contribution in [0.25, 0.3) is 5.69 Å². The van der Waals surface area contributed by atoms with Crippen molar-refractivity contribution in [3.63, 3.8) is 0 Å². The fourth-order valence-corrected chi connectivity index (χ4v) is 3.23. The Balaban J connectivity index is 0.00000341. The van der Waals surface area contributed by atoms with Crippen LogP contribution in [0.4, 0.5) is 5.82 Å². The first-order valence-corrected chi connectivity index (χ1v) is 9.99. The van der Waals surface area contributed by atoms with E-state index in [2.05, 4.69) is 45.9 Å². The number of aromatic nitrogens is 2. The highest BCUT2D eigenvalue weighted by Gasteiger charge is 2.16. The number of nitrogens with zero attached hydrogens (tertiary/aromatic N) is 4. The van der Waals surface area contributed by atoms with Crippen molar-refractivity contribution in [2.75, 3.05) is 19.3 Å². The van der Waals surface area contributed by atoms with Gasteiger partial charge in [-0.15, -0.1) is 24.0 Å². The normalized spacial score (nSPS) is 11.8. The number of guanidine groups is 1. The zero-order valence-corrected chi connectivity index (χ0v) is 20.1. The van der Waals surface area contributed by atoms with Gasteiger partial charge in [0.25, 0.3) is 0 Å². The van der Waals surface area contributed by atoms with Crippen molar-refractivity contribution < 1.29 is 0 Å².